The molecule has 0 saturated carbocycles. The van der Waals surface area contributed by atoms with Crippen LogP contribution in [-0.4, -0.2) is 55.0 Å². The lowest BCUT2D eigenvalue weighted by Crippen LogP contribution is -2.48. The molecule has 26 heavy (non-hydrogen) atoms. The number of sulfonamides is 1. The Bertz CT molecular complexity index is 888. The Kier molecular flexibility index (Phi) is 5.67. The van der Waals surface area contributed by atoms with E-state index in [9.17, 15) is 13.2 Å². The number of rotatable bonds is 5. The van der Waals surface area contributed by atoms with Gasteiger partial charge in [0.15, 0.2) is 5.13 Å². The molecule has 0 spiro atoms. The van der Waals surface area contributed by atoms with Gasteiger partial charge in [0.2, 0.25) is 10.0 Å². The third-order valence-corrected chi connectivity index (χ3v) is 6.85. The average Bonchev–Trinajstić information content (AvgIpc) is 3.16. The molecule has 1 fully saturated rings. The lowest BCUT2D eigenvalue weighted by atomic mass is 10.4. The van der Waals surface area contributed by atoms with Crippen molar-refractivity contribution in [1.29, 1.82) is 0 Å². The van der Waals surface area contributed by atoms with Gasteiger partial charge >= 0.3 is 0 Å². The van der Waals surface area contributed by atoms with Crippen LogP contribution in [0.4, 0.5) is 5.13 Å². The van der Waals surface area contributed by atoms with Crippen molar-refractivity contribution in [2.75, 3.05) is 31.1 Å². The second-order valence-corrected chi connectivity index (χ2v) is 8.54. The monoisotopic (exact) mass is 394 g/mol. The number of carbonyl (C=O) groups excluding carboxylic acids is 1. The first-order chi connectivity index (χ1) is 12.5. The number of thiazole rings is 1. The molecule has 0 atom stereocenters. The van der Waals surface area contributed by atoms with Gasteiger partial charge in [0.05, 0.1) is 4.90 Å². The molecule has 1 aliphatic rings. The van der Waals surface area contributed by atoms with Crippen molar-refractivity contribution in [2.45, 2.75) is 4.90 Å². The highest BCUT2D eigenvalue weighted by molar-refractivity contribution is 7.89. The molecular formula is C16H18N4O4S2. The number of amides is 1. The van der Waals surface area contributed by atoms with E-state index in [0.717, 1.165) is 10.0 Å². The molecule has 0 aliphatic carbocycles. The molecule has 8 nitrogen and oxygen atoms in total. The third kappa shape index (κ3) is 4.10. The summed E-state index contributed by atoms with van der Waals surface area (Å²) < 4.78 is 26.8. The zero-order valence-electron chi connectivity index (χ0n) is 13.8. The van der Waals surface area contributed by atoms with Crippen molar-refractivity contribution >= 4 is 38.5 Å². The van der Waals surface area contributed by atoms with Crippen LogP contribution in [0.3, 0.4) is 0 Å². The molecule has 1 aromatic heterocycles. The summed E-state index contributed by atoms with van der Waals surface area (Å²) in [7, 11) is -3.47. The topological polar surface area (TPSA) is 103 Å². The van der Waals surface area contributed by atoms with Gasteiger partial charge in [0, 0.05) is 43.3 Å². The van der Waals surface area contributed by atoms with Gasteiger partial charge in [-0.15, -0.1) is 0 Å². The zero-order valence-corrected chi connectivity index (χ0v) is 15.4. The maximum absolute atomic E-state index is 12.6. The standard InChI is InChI=1S/C16H18N4O4S2/c21-15(18-22)7-6-13-12-17-16(25-13)19-8-10-20(11-9-19)26(23,24)14-4-2-1-3-5-14/h1-7,12,22H,8-11H2,(H,18,21)/b7-6+. The molecule has 10 heteroatoms. The van der Waals surface area contributed by atoms with Crippen molar-refractivity contribution in [3.63, 3.8) is 0 Å². The fourth-order valence-corrected chi connectivity index (χ4v) is 4.87. The third-order valence-electron chi connectivity index (χ3n) is 3.91. The maximum Gasteiger partial charge on any atom is 0.267 e. The minimum atomic E-state index is -3.47. The van der Waals surface area contributed by atoms with E-state index in [4.69, 9.17) is 5.21 Å². The molecule has 0 bridgehead atoms. The molecular weight excluding hydrogens is 376 g/mol. The first kappa shape index (κ1) is 18.5. The van der Waals surface area contributed by atoms with Gasteiger partial charge in [-0.3, -0.25) is 10.0 Å². The highest BCUT2D eigenvalue weighted by Crippen LogP contribution is 2.26. The molecule has 1 saturated heterocycles. The number of anilines is 1. The summed E-state index contributed by atoms with van der Waals surface area (Å²) in [4.78, 5) is 18.4. The van der Waals surface area contributed by atoms with E-state index in [1.807, 2.05) is 4.90 Å². The largest absolute Gasteiger partial charge is 0.345 e. The normalized spacial score (nSPS) is 16.1. The highest BCUT2D eigenvalue weighted by Gasteiger charge is 2.29. The number of piperazine rings is 1. The first-order valence-electron chi connectivity index (χ1n) is 7.89. The quantitative estimate of drug-likeness (QED) is 0.448. The van der Waals surface area contributed by atoms with E-state index >= 15 is 0 Å². The Labute approximate surface area is 155 Å². The number of benzene rings is 1. The van der Waals surface area contributed by atoms with Crippen LogP contribution in [0, 0.1) is 0 Å². The number of nitrogens with one attached hydrogen (secondary N) is 1. The fraction of sp³-hybridized carbons (Fsp3) is 0.250. The van der Waals surface area contributed by atoms with E-state index in [-0.39, 0.29) is 0 Å². The zero-order chi connectivity index (χ0) is 18.6. The summed E-state index contributed by atoms with van der Waals surface area (Å²) in [5.41, 5.74) is 1.52. The molecule has 1 aliphatic heterocycles. The Morgan fingerprint density at radius 3 is 2.54 bits per heavy atom. The van der Waals surface area contributed by atoms with Gasteiger partial charge in [-0.05, 0) is 18.2 Å². The molecule has 138 valence electrons. The minimum absolute atomic E-state index is 0.303. The van der Waals surface area contributed by atoms with E-state index in [2.05, 4.69) is 4.98 Å². The summed E-state index contributed by atoms with van der Waals surface area (Å²) in [6.07, 6.45) is 4.40. The minimum Gasteiger partial charge on any atom is -0.345 e. The Morgan fingerprint density at radius 2 is 1.88 bits per heavy atom. The van der Waals surface area contributed by atoms with Gasteiger partial charge in [-0.25, -0.2) is 18.9 Å². The Hall–Kier alpha value is -2.27. The fourth-order valence-electron chi connectivity index (χ4n) is 2.56. The molecule has 2 heterocycles. The maximum atomic E-state index is 12.6. The van der Waals surface area contributed by atoms with Crippen LogP contribution < -0.4 is 10.4 Å². The summed E-state index contributed by atoms with van der Waals surface area (Å²) in [6.45, 7) is 1.85. The number of carbonyl (C=O) groups is 1. The van der Waals surface area contributed by atoms with E-state index in [1.165, 1.54) is 27.2 Å². The number of aromatic nitrogens is 1. The summed E-state index contributed by atoms with van der Waals surface area (Å²) in [5, 5.41) is 9.24. The van der Waals surface area contributed by atoms with Gasteiger partial charge < -0.3 is 4.90 Å². The van der Waals surface area contributed by atoms with E-state index in [1.54, 1.807) is 42.6 Å². The van der Waals surface area contributed by atoms with E-state index in [0.29, 0.717) is 31.1 Å². The summed E-state index contributed by atoms with van der Waals surface area (Å²) in [5.74, 6) is -0.611. The van der Waals surface area contributed by atoms with Crippen LogP contribution in [-0.2, 0) is 14.8 Å². The number of hydroxylamine groups is 1. The van der Waals surface area contributed by atoms with Gasteiger partial charge in [-0.1, -0.05) is 29.5 Å². The van der Waals surface area contributed by atoms with Crippen molar-refractivity contribution in [2.24, 2.45) is 0 Å². The second-order valence-electron chi connectivity index (χ2n) is 5.56. The summed E-state index contributed by atoms with van der Waals surface area (Å²) >= 11 is 1.40. The van der Waals surface area contributed by atoms with Crippen LogP contribution in [0.1, 0.15) is 4.88 Å². The lowest BCUT2D eigenvalue weighted by molar-refractivity contribution is -0.124. The Balaban J connectivity index is 1.63. The number of hydrogen-bond acceptors (Lipinski definition) is 7. The lowest BCUT2D eigenvalue weighted by Gasteiger charge is -2.33. The molecule has 1 aromatic carbocycles. The van der Waals surface area contributed by atoms with E-state index < -0.39 is 15.9 Å². The molecule has 3 rings (SSSR count). The van der Waals surface area contributed by atoms with Crippen molar-refractivity contribution in [3.8, 4) is 0 Å². The van der Waals surface area contributed by atoms with Crippen molar-refractivity contribution in [3.05, 3.63) is 47.5 Å². The highest BCUT2D eigenvalue weighted by atomic mass is 32.2. The predicted octanol–water partition coefficient (Wildman–Crippen LogP) is 1.17. The first-order valence-corrected chi connectivity index (χ1v) is 10.1. The molecule has 1 amide bonds. The number of nitrogens with zero attached hydrogens (tertiary/aromatic N) is 3. The van der Waals surface area contributed by atoms with Gasteiger partial charge in [-0.2, -0.15) is 4.31 Å². The van der Waals surface area contributed by atoms with Crippen molar-refractivity contribution in [1.82, 2.24) is 14.8 Å². The van der Waals surface area contributed by atoms with Crippen LogP contribution in [0.5, 0.6) is 0 Å². The molecule has 0 radical (unpaired) electrons. The van der Waals surface area contributed by atoms with Crippen LogP contribution in [0.2, 0.25) is 0 Å². The molecule has 2 N–H and O–H groups in total. The molecule has 0 unspecified atom stereocenters. The van der Waals surface area contributed by atoms with Crippen LogP contribution >= 0.6 is 11.3 Å². The van der Waals surface area contributed by atoms with Gasteiger partial charge in [0.25, 0.3) is 5.91 Å². The summed E-state index contributed by atoms with van der Waals surface area (Å²) in [6, 6.07) is 8.42. The molecule has 2 aromatic rings. The number of hydrogen-bond donors (Lipinski definition) is 2. The van der Waals surface area contributed by atoms with Crippen LogP contribution in [0.15, 0.2) is 47.5 Å². The van der Waals surface area contributed by atoms with Crippen LogP contribution in [0.25, 0.3) is 6.08 Å². The predicted molar refractivity (Wildman–Crippen MR) is 98.5 cm³/mol. The van der Waals surface area contributed by atoms with Gasteiger partial charge in [0.1, 0.15) is 0 Å². The smallest absolute Gasteiger partial charge is 0.267 e. The Morgan fingerprint density at radius 1 is 1.19 bits per heavy atom. The second kappa shape index (κ2) is 7.96. The van der Waals surface area contributed by atoms with Crippen molar-refractivity contribution < 1.29 is 18.4 Å². The SMILES string of the molecule is O=C(/C=C/c1cnc(N2CCN(S(=O)(=O)c3ccccc3)CC2)s1)NO. The average molecular weight is 394 g/mol.